The van der Waals surface area contributed by atoms with Crippen molar-refractivity contribution in [3.63, 3.8) is 0 Å². The van der Waals surface area contributed by atoms with Crippen LogP contribution in [0.4, 0.5) is 13.2 Å². The van der Waals surface area contributed by atoms with Gasteiger partial charge in [-0.1, -0.05) is 12.1 Å². The number of amides is 1. The second-order valence-corrected chi connectivity index (χ2v) is 9.51. The normalized spacial score (nSPS) is 24.1. The number of alkyl halides is 3. The number of halogens is 3. The maximum Gasteiger partial charge on any atom is 0.421 e. The molecule has 10 heteroatoms. The van der Waals surface area contributed by atoms with E-state index in [-0.39, 0.29) is 29.8 Å². The molecule has 2 atom stereocenters. The molecule has 0 bridgehead atoms. The molecular weight excluding hydrogens is 397 g/mol. The first-order valence-corrected chi connectivity index (χ1v) is 10.5. The van der Waals surface area contributed by atoms with Crippen LogP contribution in [0.2, 0.25) is 0 Å². The minimum Gasteiger partial charge on any atom is -0.376 e. The van der Waals surface area contributed by atoms with Gasteiger partial charge in [-0.25, -0.2) is 8.42 Å². The molecule has 6 nitrogen and oxygen atoms in total. The van der Waals surface area contributed by atoms with E-state index in [0.29, 0.717) is 13.5 Å². The zero-order valence-electron chi connectivity index (χ0n) is 15.6. The molecule has 0 radical (unpaired) electrons. The highest BCUT2D eigenvalue weighted by atomic mass is 32.2. The molecule has 156 valence electrons. The molecule has 1 amide bonds. The molecule has 1 saturated carbocycles. The highest BCUT2D eigenvalue weighted by Crippen LogP contribution is 2.39. The van der Waals surface area contributed by atoms with E-state index < -0.39 is 33.4 Å². The predicted octanol–water partition coefficient (Wildman–Crippen LogP) is 2.09. The van der Waals surface area contributed by atoms with Crippen LogP contribution in [0.5, 0.6) is 0 Å². The quantitative estimate of drug-likeness (QED) is 0.809. The Balaban J connectivity index is 1.77. The lowest BCUT2D eigenvalue weighted by Crippen LogP contribution is -2.55. The van der Waals surface area contributed by atoms with Crippen LogP contribution in [0.3, 0.4) is 0 Å². The molecule has 1 aromatic rings. The van der Waals surface area contributed by atoms with Gasteiger partial charge in [0, 0.05) is 31.6 Å². The van der Waals surface area contributed by atoms with Gasteiger partial charge in [0.1, 0.15) is 0 Å². The van der Waals surface area contributed by atoms with Crippen molar-refractivity contribution in [3.8, 4) is 0 Å². The maximum atomic E-state index is 13.0. The van der Waals surface area contributed by atoms with Crippen molar-refractivity contribution in [1.82, 2.24) is 9.21 Å². The fraction of sp³-hybridized carbons (Fsp3) is 0.611. The Labute approximate surface area is 162 Å². The number of carbonyl (C=O) groups excluding carboxylic acids is 1. The first-order chi connectivity index (χ1) is 12.9. The zero-order valence-corrected chi connectivity index (χ0v) is 16.4. The maximum absolute atomic E-state index is 13.0. The van der Waals surface area contributed by atoms with Crippen LogP contribution in [0.1, 0.15) is 32.3 Å². The summed E-state index contributed by atoms with van der Waals surface area (Å²) in [6.45, 7) is 3.03. The molecule has 2 fully saturated rings. The number of piperazine rings is 1. The predicted molar refractivity (Wildman–Crippen MR) is 94.7 cm³/mol. The van der Waals surface area contributed by atoms with Crippen molar-refractivity contribution in [2.45, 2.75) is 49.4 Å². The number of rotatable bonds is 4. The van der Waals surface area contributed by atoms with Gasteiger partial charge in [0.2, 0.25) is 15.9 Å². The van der Waals surface area contributed by atoms with Gasteiger partial charge in [0.25, 0.3) is 0 Å². The van der Waals surface area contributed by atoms with Crippen molar-refractivity contribution in [3.05, 3.63) is 29.8 Å². The highest BCUT2D eigenvalue weighted by molar-refractivity contribution is 7.89. The summed E-state index contributed by atoms with van der Waals surface area (Å²) in [6, 6.07) is 3.63. The molecule has 1 saturated heterocycles. The fourth-order valence-electron chi connectivity index (χ4n) is 3.34. The van der Waals surface area contributed by atoms with Gasteiger partial charge < -0.3 is 10.0 Å². The molecule has 0 spiro atoms. The standard InChI is InChI=1S/C18H23F3N2O4S/c1-12-11-22(16(24)13-3-4-13)9-10-23(12)28(26,27)15-7-5-14(6-8-15)17(2,25)18(19,20)21/h5-8,12-13,25H,3-4,9-11H2,1-2H3/t12?,17-/m1/s1. The Hall–Kier alpha value is -1.65. The van der Waals surface area contributed by atoms with Crippen LogP contribution in [0.25, 0.3) is 0 Å². The lowest BCUT2D eigenvalue weighted by molar-refractivity contribution is -0.258. The van der Waals surface area contributed by atoms with E-state index in [1.165, 1.54) is 4.31 Å². The van der Waals surface area contributed by atoms with Crippen molar-refractivity contribution >= 4 is 15.9 Å². The van der Waals surface area contributed by atoms with Crippen LogP contribution >= 0.6 is 0 Å². The highest BCUT2D eigenvalue weighted by Gasteiger charge is 2.51. The van der Waals surface area contributed by atoms with Crippen LogP contribution in [-0.2, 0) is 20.4 Å². The minimum atomic E-state index is -4.88. The zero-order chi connectivity index (χ0) is 20.9. The van der Waals surface area contributed by atoms with Gasteiger partial charge in [-0.15, -0.1) is 0 Å². The number of nitrogens with zero attached hydrogens (tertiary/aromatic N) is 2. The number of benzene rings is 1. The van der Waals surface area contributed by atoms with Crippen molar-refractivity contribution in [2.24, 2.45) is 5.92 Å². The van der Waals surface area contributed by atoms with Crippen molar-refractivity contribution in [2.75, 3.05) is 19.6 Å². The first kappa shape index (κ1) is 21.1. The van der Waals surface area contributed by atoms with Crippen LogP contribution in [0.15, 0.2) is 29.2 Å². The summed E-state index contributed by atoms with van der Waals surface area (Å²) in [5.41, 5.74) is -3.51. The van der Waals surface area contributed by atoms with E-state index in [2.05, 4.69) is 0 Å². The summed E-state index contributed by atoms with van der Waals surface area (Å²) in [6.07, 6.45) is -3.13. The third-order valence-corrected chi connectivity index (χ3v) is 7.41. The minimum absolute atomic E-state index is 0.0580. The Kier molecular flexibility index (Phi) is 5.26. The van der Waals surface area contributed by atoms with E-state index in [0.717, 1.165) is 37.1 Å². The van der Waals surface area contributed by atoms with Gasteiger partial charge >= 0.3 is 6.18 Å². The third-order valence-electron chi connectivity index (χ3n) is 5.38. The van der Waals surface area contributed by atoms with E-state index in [4.69, 9.17) is 0 Å². The first-order valence-electron chi connectivity index (χ1n) is 9.06. The summed E-state index contributed by atoms with van der Waals surface area (Å²) in [5.74, 6) is 0.118. The fourth-order valence-corrected chi connectivity index (χ4v) is 4.95. The average Bonchev–Trinajstić information content (AvgIpc) is 3.45. The van der Waals surface area contributed by atoms with Crippen molar-refractivity contribution < 1.29 is 31.5 Å². The molecule has 0 aromatic heterocycles. The summed E-state index contributed by atoms with van der Waals surface area (Å²) < 4.78 is 65.9. The summed E-state index contributed by atoms with van der Waals surface area (Å²) >= 11 is 0. The Bertz CT molecular complexity index is 849. The molecule has 1 aromatic carbocycles. The monoisotopic (exact) mass is 420 g/mol. The van der Waals surface area contributed by atoms with Crippen LogP contribution < -0.4 is 0 Å². The lowest BCUT2D eigenvalue weighted by atomic mass is 9.96. The molecule has 28 heavy (non-hydrogen) atoms. The molecule has 1 aliphatic carbocycles. The van der Waals surface area contributed by atoms with Gasteiger partial charge in [0.15, 0.2) is 5.60 Å². The SMILES string of the molecule is CC1CN(C(=O)C2CC2)CCN1S(=O)(=O)c1ccc([C@@](C)(O)C(F)(F)F)cc1. The van der Waals surface area contributed by atoms with E-state index in [1.807, 2.05) is 0 Å². The van der Waals surface area contributed by atoms with E-state index >= 15 is 0 Å². The number of aliphatic hydroxyl groups is 1. The molecule has 1 N–H and O–H groups in total. The van der Waals surface area contributed by atoms with E-state index in [1.54, 1.807) is 11.8 Å². The Morgan fingerprint density at radius 3 is 2.18 bits per heavy atom. The van der Waals surface area contributed by atoms with Gasteiger partial charge in [0.05, 0.1) is 4.90 Å². The topological polar surface area (TPSA) is 77.9 Å². The smallest absolute Gasteiger partial charge is 0.376 e. The average molecular weight is 420 g/mol. The van der Waals surface area contributed by atoms with Crippen LogP contribution in [-0.4, -0.2) is 60.5 Å². The molecule has 1 heterocycles. The summed E-state index contributed by atoms with van der Waals surface area (Å²) in [5, 5.41) is 9.72. The number of hydrogen-bond acceptors (Lipinski definition) is 4. The van der Waals surface area contributed by atoms with E-state index in [9.17, 15) is 31.5 Å². The third kappa shape index (κ3) is 3.77. The Morgan fingerprint density at radius 1 is 1.14 bits per heavy atom. The van der Waals surface area contributed by atoms with Crippen molar-refractivity contribution in [1.29, 1.82) is 0 Å². The second kappa shape index (κ2) is 7.00. The van der Waals surface area contributed by atoms with Gasteiger partial charge in [-0.2, -0.15) is 17.5 Å². The van der Waals surface area contributed by atoms with Crippen LogP contribution in [0, 0.1) is 5.92 Å². The summed E-state index contributed by atoms with van der Waals surface area (Å²) in [4.78, 5) is 13.7. The largest absolute Gasteiger partial charge is 0.421 e. The van der Waals surface area contributed by atoms with Gasteiger partial charge in [-0.05, 0) is 44.4 Å². The molecule has 1 unspecified atom stereocenters. The second-order valence-electron chi connectivity index (χ2n) is 7.62. The lowest BCUT2D eigenvalue weighted by Gasteiger charge is -2.39. The number of carbonyl (C=O) groups is 1. The number of sulfonamides is 1. The summed E-state index contributed by atoms with van der Waals surface area (Å²) in [7, 11) is -3.93. The molecular formula is C18H23F3N2O4S. The molecule has 2 aliphatic rings. The van der Waals surface area contributed by atoms with Gasteiger partial charge in [-0.3, -0.25) is 4.79 Å². The Morgan fingerprint density at radius 2 is 1.71 bits per heavy atom. The molecule has 3 rings (SSSR count). The number of hydrogen-bond donors (Lipinski definition) is 1. The molecule has 1 aliphatic heterocycles.